The molecule has 0 spiro atoms. The van der Waals surface area contributed by atoms with Crippen molar-refractivity contribution in [3.05, 3.63) is 24.3 Å². The first-order chi connectivity index (χ1) is 8.43. The van der Waals surface area contributed by atoms with Crippen molar-refractivity contribution in [2.24, 2.45) is 0 Å². The van der Waals surface area contributed by atoms with Crippen LogP contribution < -0.4 is 4.74 Å². The lowest BCUT2D eigenvalue weighted by Gasteiger charge is -2.06. The van der Waals surface area contributed by atoms with Crippen molar-refractivity contribution >= 4 is 15.6 Å². The topological polar surface area (TPSA) is 60.4 Å². The molecule has 18 heavy (non-hydrogen) atoms. The second kappa shape index (κ2) is 6.54. The van der Waals surface area contributed by atoms with Gasteiger partial charge in [-0.05, 0) is 30.7 Å². The number of benzene rings is 1. The van der Waals surface area contributed by atoms with Crippen LogP contribution in [-0.4, -0.2) is 27.1 Å². The molecule has 0 fully saturated rings. The molecule has 0 saturated carbocycles. The third-order valence-corrected chi connectivity index (χ3v) is 3.64. The van der Waals surface area contributed by atoms with E-state index >= 15 is 0 Å². The fourth-order valence-electron chi connectivity index (χ4n) is 1.42. The van der Waals surface area contributed by atoms with E-state index in [0.717, 1.165) is 0 Å². The van der Waals surface area contributed by atoms with Crippen LogP contribution in [0.15, 0.2) is 29.2 Å². The number of sulfone groups is 1. The molecule has 0 aliphatic heterocycles. The molecule has 0 N–H and O–H groups in total. The summed E-state index contributed by atoms with van der Waals surface area (Å²) in [4.78, 5) is 11.3. The number of hydrogen-bond donors (Lipinski definition) is 0. The zero-order chi connectivity index (χ0) is 13.6. The van der Waals surface area contributed by atoms with Crippen LogP contribution in [0.3, 0.4) is 0 Å². The van der Waals surface area contributed by atoms with Gasteiger partial charge >= 0.3 is 0 Å². The third-order valence-electron chi connectivity index (χ3n) is 2.51. The number of ether oxygens (including phenoxy) is 1. The molecule has 0 aromatic heterocycles. The minimum atomic E-state index is -3.16. The monoisotopic (exact) mass is 270 g/mol. The lowest BCUT2D eigenvalue weighted by Crippen LogP contribution is -2.02. The Bertz CT molecular complexity index is 488. The Labute approximate surface area is 108 Å². The molecule has 1 rings (SSSR count). The van der Waals surface area contributed by atoms with E-state index in [1.807, 2.05) is 6.92 Å². The highest BCUT2D eigenvalue weighted by molar-refractivity contribution is 7.90. The van der Waals surface area contributed by atoms with Gasteiger partial charge in [0.1, 0.15) is 11.5 Å². The van der Waals surface area contributed by atoms with Crippen LogP contribution in [0.25, 0.3) is 0 Å². The molecule has 0 radical (unpaired) electrons. The van der Waals surface area contributed by atoms with E-state index in [1.165, 1.54) is 18.4 Å². The summed E-state index contributed by atoms with van der Waals surface area (Å²) in [7, 11) is -3.16. The molecule has 0 aliphatic carbocycles. The number of carbonyl (C=O) groups excluding carboxylic acids is 1. The summed E-state index contributed by atoms with van der Waals surface area (Å²) >= 11 is 0. The van der Waals surface area contributed by atoms with Crippen LogP contribution in [0.4, 0.5) is 0 Å². The van der Waals surface area contributed by atoms with Crippen LogP contribution >= 0.6 is 0 Å². The average molecular weight is 270 g/mol. The Hall–Kier alpha value is -1.36. The van der Waals surface area contributed by atoms with Gasteiger partial charge in [-0.3, -0.25) is 4.79 Å². The van der Waals surface area contributed by atoms with E-state index in [4.69, 9.17) is 4.74 Å². The standard InChI is InChI=1S/C13H18O4S/c1-3-11(14)5-4-10-17-12-6-8-13(9-7-12)18(2,15)16/h6-9H,3-5,10H2,1-2H3. The van der Waals surface area contributed by atoms with Gasteiger partial charge in [0.15, 0.2) is 9.84 Å². The minimum absolute atomic E-state index is 0.228. The van der Waals surface area contributed by atoms with Gasteiger partial charge in [0, 0.05) is 19.1 Å². The molecular weight excluding hydrogens is 252 g/mol. The van der Waals surface area contributed by atoms with Crippen molar-refractivity contribution in [1.82, 2.24) is 0 Å². The zero-order valence-electron chi connectivity index (χ0n) is 10.7. The quantitative estimate of drug-likeness (QED) is 0.713. The van der Waals surface area contributed by atoms with Crippen LogP contribution in [0.2, 0.25) is 0 Å². The van der Waals surface area contributed by atoms with Gasteiger partial charge in [-0.1, -0.05) is 6.92 Å². The van der Waals surface area contributed by atoms with Gasteiger partial charge < -0.3 is 4.74 Å². The van der Waals surface area contributed by atoms with Crippen molar-refractivity contribution in [1.29, 1.82) is 0 Å². The lowest BCUT2D eigenvalue weighted by molar-refractivity contribution is -0.118. The molecule has 100 valence electrons. The molecule has 4 nitrogen and oxygen atoms in total. The van der Waals surface area contributed by atoms with E-state index in [9.17, 15) is 13.2 Å². The maximum atomic E-state index is 11.2. The molecule has 0 heterocycles. The first kappa shape index (κ1) is 14.7. The number of Topliss-reactive ketones (excluding diaryl/α,β-unsaturated/α-hetero) is 1. The third kappa shape index (κ3) is 4.87. The summed E-state index contributed by atoms with van der Waals surface area (Å²) < 4.78 is 27.9. The average Bonchev–Trinajstić information content (AvgIpc) is 2.33. The summed E-state index contributed by atoms with van der Waals surface area (Å²) in [6.45, 7) is 2.30. The van der Waals surface area contributed by atoms with Gasteiger partial charge in [0.2, 0.25) is 0 Å². The van der Waals surface area contributed by atoms with Gasteiger partial charge in [0.25, 0.3) is 0 Å². The second-order valence-electron chi connectivity index (χ2n) is 4.09. The number of rotatable bonds is 7. The molecule has 0 saturated heterocycles. The molecule has 1 aromatic carbocycles. The Morgan fingerprint density at radius 2 is 1.83 bits per heavy atom. The van der Waals surface area contributed by atoms with E-state index in [-0.39, 0.29) is 10.7 Å². The van der Waals surface area contributed by atoms with Crippen molar-refractivity contribution < 1.29 is 17.9 Å². The zero-order valence-corrected chi connectivity index (χ0v) is 11.5. The van der Waals surface area contributed by atoms with Crippen molar-refractivity contribution in [3.8, 4) is 5.75 Å². The minimum Gasteiger partial charge on any atom is -0.494 e. The summed E-state index contributed by atoms with van der Waals surface area (Å²) in [5, 5.41) is 0. The summed E-state index contributed by atoms with van der Waals surface area (Å²) in [5.41, 5.74) is 0. The molecule has 0 atom stereocenters. The van der Waals surface area contributed by atoms with E-state index < -0.39 is 9.84 Å². The maximum Gasteiger partial charge on any atom is 0.175 e. The fraction of sp³-hybridized carbons (Fsp3) is 0.462. The van der Waals surface area contributed by atoms with Crippen LogP contribution in [-0.2, 0) is 14.6 Å². The Morgan fingerprint density at radius 3 is 2.33 bits per heavy atom. The molecule has 0 bridgehead atoms. The number of ketones is 1. The first-order valence-electron chi connectivity index (χ1n) is 5.88. The SMILES string of the molecule is CCC(=O)CCCOc1ccc(S(C)(=O)=O)cc1. The van der Waals surface area contributed by atoms with Crippen LogP contribution in [0.5, 0.6) is 5.75 Å². The predicted molar refractivity (Wildman–Crippen MR) is 69.6 cm³/mol. The Kier molecular flexibility index (Phi) is 5.34. The Morgan fingerprint density at radius 1 is 1.22 bits per heavy atom. The largest absolute Gasteiger partial charge is 0.494 e. The lowest BCUT2D eigenvalue weighted by atomic mass is 10.2. The van der Waals surface area contributed by atoms with Gasteiger partial charge in [-0.15, -0.1) is 0 Å². The van der Waals surface area contributed by atoms with Crippen LogP contribution in [0, 0.1) is 0 Å². The highest BCUT2D eigenvalue weighted by Gasteiger charge is 2.06. The first-order valence-corrected chi connectivity index (χ1v) is 7.77. The predicted octanol–water partition coefficient (Wildman–Crippen LogP) is 2.23. The maximum absolute atomic E-state index is 11.2. The highest BCUT2D eigenvalue weighted by Crippen LogP contribution is 2.16. The molecular formula is C13H18O4S. The summed E-state index contributed by atoms with van der Waals surface area (Å²) in [6, 6.07) is 6.28. The van der Waals surface area contributed by atoms with Gasteiger partial charge in [-0.2, -0.15) is 0 Å². The summed E-state index contributed by atoms with van der Waals surface area (Å²) in [6.07, 6.45) is 2.93. The molecule has 0 aliphatic rings. The molecule has 0 unspecified atom stereocenters. The summed E-state index contributed by atoms with van der Waals surface area (Å²) in [5.74, 6) is 0.845. The van der Waals surface area contributed by atoms with Crippen molar-refractivity contribution in [3.63, 3.8) is 0 Å². The highest BCUT2D eigenvalue weighted by atomic mass is 32.2. The fourth-order valence-corrected chi connectivity index (χ4v) is 2.05. The van der Waals surface area contributed by atoms with Crippen molar-refractivity contribution in [2.45, 2.75) is 31.1 Å². The van der Waals surface area contributed by atoms with Crippen molar-refractivity contribution in [2.75, 3.05) is 12.9 Å². The van der Waals surface area contributed by atoms with Crippen LogP contribution in [0.1, 0.15) is 26.2 Å². The van der Waals surface area contributed by atoms with Gasteiger partial charge in [0.05, 0.1) is 11.5 Å². The second-order valence-corrected chi connectivity index (χ2v) is 6.10. The number of hydrogen-bond acceptors (Lipinski definition) is 4. The van der Waals surface area contributed by atoms with Gasteiger partial charge in [-0.25, -0.2) is 8.42 Å². The normalized spacial score (nSPS) is 11.2. The number of carbonyl (C=O) groups is 1. The van der Waals surface area contributed by atoms with E-state index in [0.29, 0.717) is 31.6 Å². The van der Waals surface area contributed by atoms with E-state index in [2.05, 4.69) is 0 Å². The smallest absolute Gasteiger partial charge is 0.175 e. The van der Waals surface area contributed by atoms with E-state index in [1.54, 1.807) is 12.1 Å². The molecule has 1 aromatic rings. The Balaban J connectivity index is 2.43. The molecule has 0 amide bonds. The molecule has 5 heteroatoms.